The molecule has 5 rings (SSSR count). The van der Waals surface area contributed by atoms with E-state index in [4.69, 9.17) is 4.52 Å². The molecule has 9 heteroatoms. The van der Waals surface area contributed by atoms with Crippen molar-refractivity contribution in [1.82, 2.24) is 15.4 Å². The summed E-state index contributed by atoms with van der Waals surface area (Å²) in [5.74, 6) is -0.149. The Hall–Kier alpha value is -3.85. The van der Waals surface area contributed by atoms with Crippen molar-refractivity contribution in [1.29, 1.82) is 0 Å². The van der Waals surface area contributed by atoms with Gasteiger partial charge in [-0.3, -0.25) is 9.79 Å². The average Bonchev–Trinajstić information content (AvgIpc) is 3.48. The summed E-state index contributed by atoms with van der Waals surface area (Å²) in [5, 5.41) is 19.7. The van der Waals surface area contributed by atoms with Crippen LogP contribution in [0.5, 0.6) is 0 Å². The zero-order valence-corrected chi connectivity index (χ0v) is 16.7. The molecule has 2 N–H and O–H groups in total. The number of nitrogens with one attached hydrogen (secondary N) is 2. The van der Waals surface area contributed by atoms with Crippen LogP contribution in [0, 0.1) is 6.92 Å². The van der Waals surface area contributed by atoms with Crippen molar-refractivity contribution < 1.29 is 9.32 Å². The second-order valence-corrected chi connectivity index (χ2v) is 7.77. The summed E-state index contributed by atoms with van der Waals surface area (Å²) in [7, 11) is 0. The molecule has 1 aliphatic heterocycles. The van der Waals surface area contributed by atoms with Gasteiger partial charge in [-0.1, -0.05) is 34.7 Å². The molecule has 1 amide bonds. The average molecular weight is 416 g/mol. The third kappa shape index (κ3) is 3.58. The highest BCUT2D eigenvalue weighted by atomic mass is 32.1. The van der Waals surface area contributed by atoms with Gasteiger partial charge in [0.2, 0.25) is 10.9 Å². The fraction of sp³-hybridized carbons (Fsp3) is 0.0952. The maximum atomic E-state index is 12.3. The fourth-order valence-corrected chi connectivity index (χ4v) is 3.88. The van der Waals surface area contributed by atoms with E-state index in [0.29, 0.717) is 16.4 Å². The number of aryl methyl sites for hydroxylation is 1. The van der Waals surface area contributed by atoms with Crippen LogP contribution >= 0.6 is 11.3 Å². The number of carbonyl (C=O) groups excluding carboxylic acids is 1. The quantitative estimate of drug-likeness (QED) is 0.499. The molecule has 30 heavy (non-hydrogen) atoms. The van der Waals surface area contributed by atoms with Crippen molar-refractivity contribution in [3.05, 3.63) is 71.1 Å². The Labute approximate surface area is 175 Å². The Morgan fingerprint density at radius 1 is 1.13 bits per heavy atom. The maximum Gasteiger partial charge on any atom is 0.294 e. The smallest absolute Gasteiger partial charge is 0.294 e. The number of hydrogen-bond donors (Lipinski definition) is 2. The minimum absolute atomic E-state index is 0.196. The molecule has 1 aliphatic rings. The largest absolute Gasteiger partial charge is 0.351 e. The SMILES string of the molecule is Cc1cnoc1C(=O)Nc1cccc(-c2nnc(Nc3ccc4c(c3)C=NC4)s2)c1. The van der Waals surface area contributed by atoms with Gasteiger partial charge in [0, 0.05) is 28.7 Å². The van der Waals surface area contributed by atoms with E-state index in [-0.39, 0.29) is 11.7 Å². The van der Waals surface area contributed by atoms with E-state index >= 15 is 0 Å². The van der Waals surface area contributed by atoms with Gasteiger partial charge in [-0.2, -0.15) is 0 Å². The monoisotopic (exact) mass is 416 g/mol. The van der Waals surface area contributed by atoms with Crippen LogP contribution in [0.3, 0.4) is 0 Å². The lowest BCUT2D eigenvalue weighted by Gasteiger charge is -2.05. The van der Waals surface area contributed by atoms with E-state index < -0.39 is 0 Å². The lowest BCUT2D eigenvalue weighted by atomic mass is 10.1. The molecule has 0 spiro atoms. The molecule has 0 aliphatic carbocycles. The molecule has 0 unspecified atom stereocenters. The molecule has 8 nitrogen and oxygen atoms in total. The summed E-state index contributed by atoms with van der Waals surface area (Å²) in [5.41, 5.74) is 5.45. The zero-order valence-electron chi connectivity index (χ0n) is 15.9. The highest BCUT2D eigenvalue weighted by molar-refractivity contribution is 7.18. The zero-order chi connectivity index (χ0) is 20.5. The van der Waals surface area contributed by atoms with E-state index in [1.165, 1.54) is 23.1 Å². The molecule has 2 aromatic heterocycles. The van der Waals surface area contributed by atoms with Crippen LogP contribution in [0.1, 0.15) is 27.2 Å². The minimum Gasteiger partial charge on any atom is -0.351 e. The van der Waals surface area contributed by atoms with Crippen LogP contribution in [-0.4, -0.2) is 27.5 Å². The molecular weight excluding hydrogens is 400 g/mol. The number of anilines is 3. The molecule has 0 radical (unpaired) electrons. The Morgan fingerprint density at radius 3 is 2.93 bits per heavy atom. The van der Waals surface area contributed by atoms with E-state index in [1.807, 2.05) is 30.5 Å². The summed E-state index contributed by atoms with van der Waals surface area (Å²) in [4.78, 5) is 16.6. The van der Waals surface area contributed by atoms with Gasteiger partial charge in [-0.25, -0.2) is 0 Å². The normalized spacial score (nSPS) is 12.0. The summed E-state index contributed by atoms with van der Waals surface area (Å²) in [6.07, 6.45) is 3.39. The second kappa shape index (κ2) is 7.53. The van der Waals surface area contributed by atoms with Crippen molar-refractivity contribution in [2.75, 3.05) is 10.6 Å². The Morgan fingerprint density at radius 2 is 2.07 bits per heavy atom. The highest BCUT2D eigenvalue weighted by Crippen LogP contribution is 2.30. The highest BCUT2D eigenvalue weighted by Gasteiger charge is 2.15. The Balaban J connectivity index is 1.32. The van der Waals surface area contributed by atoms with E-state index in [9.17, 15) is 4.79 Å². The lowest BCUT2D eigenvalue weighted by Crippen LogP contribution is -2.12. The third-order valence-electron chi connectivity index (χ3n) is 4.64. The molecule has 0 fully saturated rings. The standard InChI is InChI=1S/C21H16N6O2S/c1-12-9-23-29-18(12)19(28)24-16-4-2-3-13(7-16)20-26-27-21(30-20)25-17-6-5-14-10-22-11-15(14)8-17/h2-9,11H,10H2,1H3,(H,24,28)(H,25,27). The van der Waals surface area contributed by atoms with Gasteiger partial charge in [-0.15, -0.1) is 10.2 Å². The van der Waals surface area contributed by atoms with Gasteiger partial charge < -0.3 is 15.2 Å². The van der Waals surface area contributed by atoms with Gasteiger partial charge >= 0.3 is 0 Å². The van der Waals surface area contributed by atoms with Crippen LogP contribution in [-0.2, 0) is 6.54 Å². The number of aromatic nitrogens is 3. The van der Waals surface area contributed by atoms with Gasteiger partial charge in [0.25, 0.3) is 5.91 Å². The van der Waals surface area contributed by atoms with Crippen LogP contribution in [0.4, 0.5) is 16.5 Å². The minimum atomic E-state index is -0.345. The van der Waals surface area contributed by atoms with Crippen molar-refractivity contribution in [2.45, 2.75) is 13.5 Å². The molecule has 0 atom stereocenters. The third-order valence-corrected chi connectivity index (χ3v) is 5.52. The number of amides is 1. The lowest BCUT2D eigenvalue weighted by molar-refractivity contribution is 0.0987. The summed E-state index contributed by atoms with van der Waals surface area (Å²) in [6.45, 7) is 2.51. The predicted octanol–water partition coefficient (Wildman–Crippen LogP) is 4.43. The number of fused-ring (bicyclic) bond motifs is 1. The molecule has 148 valence electrons. The van der Waals surface area contributed by atoms with Crippen LogP contribution < -0.4 is 10.6 Å². The first-order valence-electron chi connectivity index (χ1n) is 9.22. The van der Waals surface area contributed by atoms with E-state index in [1.54, 1.807) is 13.0 Å². The molecule has 0 saturated carbocycles. The predicted molar refractivity (Wildman–Crippen MR) is 116 cm³/mol. The molecular formula is C21H16N6O2S. The second-order valence-electron chi connectivity index (χ2n) is 6.79. The van der Waals surface area contributed by atoms with Gasteiger partial charge in [0.15, 0.2) is 0 Å². The Kier molecular flexibility index (Phi) is 4.56. The van der Waals surface area contributed by atoms with Gasteiger partial charge in [0.1, 0.15) is 5.01 Å². The van der Waals surface area contributed by atoms with Gasteiger partial charge in [0.05, 0.1) is 12.7 Å². The number of aliphatic imine (C=N–C) groups is 1. The van der Waals surface area contributed by atoms with Crippen LogP contribution in [0.15, 0.2) is 58.2 Å². The van der Waals surface area contributed by atoms with Crippen LogP contribution in [0.25, 0.3) is 10.6 Å². The molecule has 3 heterocycles. The number of nitrogens with zero attached hydrogens (tertiary/aromatic N) is 4. The molecule has 2 aromatic carbocycles. The van der Waals surface area contributed by atoms with E-state index in [0.717, 1.165) is 28.4 Å². The maximum absolute atomic E-state index is 12.3. The first-order valence-corrected chi connectivity index (χ1v) is 10.0. The Bertz CT molecular complexity index is 1280. The topological polar surface area (TPSA) is 105 Å². The van der Waals surface area contributed by atoms with Crippen molar-refractivity contribution in [3.63, 3.8) is 0 Å². The summed E-state index contributed by atoms with van der Waals surface area (Å²) in [6, 6.07) is 13.6. The number of benzene rings is 2. The van der Waals surface area contributed by atoms with E-state index in [2.05, 4.69) is 43.1 Å². The molecule has 0 saturated heterocycles. The van der Waals surface area contributed by atoms with Crippen molar-refractivity contribution >= 4 is 40.0 Å². The van der Waals surface area contributed by atoms with Crippen LogP contribution in [0.2, 0.25) is 0 Å². The van der Waals surface area contributed by atoms with Crippen molar-refractivity contribution in [2.24, 2.45) is 4.99 Å². The molecule has 4 aromatic rings. The number of carbonyl (C=O) groups is 1. The summed E-state index contributed by atoms with van der Waals surface area (Å²) < 4.78 is 5.00. The van der Waals surface area contributed by atoms with Gasteiger partial charge in [-0.05, 0) is 42.3 Å². The first-order chi connectivity index (χ1) is 14.7. The fourth-order valence-electron chi connectivity index (χ4n) is 3.12. The number of hydrogen-bond acceptors (Lipinski definition) is 8. The van der Waals surface area contributed by atoms with Crippen molar-refractivity contribution in [3.8, 4) is 10.6 Å². The first kappa shape index (κ1) is 18.2. The molecule has 0 bridgehead atoms. The number of rotatable bonds is 5. The summed E-state index contributed by atoms with van der Waals surface area (Å²) >= 11 is 1.43.